The molecule has 124 valence electrons. The molecule has 6 heteroatoms. The Labute approximate surface area is 137 Å². The molecule has 5 nitrogen and oxygen atoms in total. The Balaban J connectivity index is 2.31. The number of hydrogen-bond donors (Lipinski definition) is 1. The van der Waals surface area contributed by atoms with E-state index >= 15 is 0 Å². The van der Waals surface area contributed by atoms with E-state index in [0.29, 0.717) is 23.1 Å². The number of rotatable bonds is 6. The molecular weight excluding hydrogens is 314 g/mol. The van der Waals surface area contributed by atoms with Crippen molar-refractivity contribution in [3.8, 4) is 11.5 Å². The molecule has 0 saturated carbocycles. The summed E-state index contributed by atoms with van der Waals surface area (Å²) in [6, 6.07) is 11.8. The van der Waals surface area contributed by atoms with Crippen molar-refractivity contribution in [2.24, 2.45) is 0 Å². The van der Waals surface area contributed by atoms with E-state index in [9.17, 15) is 8.42 Å². The zero-order valence-electron chi connectivity index (χ0n) is 13.7. The summed E-state index contributed by atoms with van der Waals surface area (Å²) in [7, 11) is -0.666. The first-order valence-corrected chi connectivity index (χ1v) is 8.70. The number of methoxy groups -OCH3 is 2. The van der Waals surface area contributed by atoms with Crippen molar-refractivity contribution in [3.05, 3.63) is 48.0 Å². The zero-order chi connectivity index (χ0) is 17.0. The maximum absolute atomic E-state index is 12.5. The minimum absolute atomic E-state index is 0.208. The Morgan fingerprint density at radius 2 is 1.61 bits per heavy atom. The largest absolute Gasteiger partial charge is 0.497 e. The van der Waals surface area contributed by atoms with Gasteiger partial charge in [-0.1, -0.05) is 26.0 Å². The van der Waals surface area contributed by atoms with Crippen molar-refractivity contribution < 1.29 is 17.9 Å². The van der Waals surface area contributed by atoms with Gasteiger partial charge in [-0.2, -0.15) is 0 Å². The molecule has 0 saturated heterocycles. The smallest absolute Gasteiger partial charge is 0.262 e. The number of hydrogen-bond acceptors (Lipinski definition) is 4. The second-order valence-electron chi connectivity index (χ2n) is 5.40. The fourth-order valence-electron chi connectivity index (χ4n) is 2.12. The van der Waals surface area contributed by atoms with Gasteiger partial charge in [0.25, 0.3) is 10.0 Å². The highest BCUT2D eigenvalue weighted by Crippen LogP contribution is 2.31. The molecule has 0 amide bonds. The van der Waals surface area contributed by atoms with Crippen LogP contribution in [0.2, 0.25) is 0 Å². The lowest BCUT2D eigenvalue weighted by molar-refractivity contribution is 0.395. The average Bonchev–Trinajstić information content (AvgIpc) is 2.55. The van der Waals surface area contributed by atoms with Crippen molar-refractivity contribution in [3.63, 3.8) is 0 Å². The second-order valence-corrected chi connectivity index (χ2v) is 7.08. The van der Waals surface area contributed by atoms with Crippen LogP contribution in [0.25, 0.3) is 0 Å². The number of benzene rings is 2. The van der Waals surface area contributed by atoms with Gasteiger partial charge in [-0.15, -0.1) is 0 Å². The third-order valence-electron chi connectivity index (χ3n) is 3.51. The van der Waals surface area contributed by atoms with Crippen LogP contribution < -0.4 is 14.2 Å². The Bertz CT molecular complexity index is 768. The molecule has 0 aliphatic heterocycles. The maximum Gasteiger partial charge on any atom is 0.262 e. The maximum atomic E-state index is 12.5. The fourth-order valence-corrected chi connectivity index (χ4v) is 3.19. The predicted molar refractivity (Wildman–Crippen MR) is 90.9 cm³/mol. The van der Waals surface area contributed by atoms with Gasteiger partial charge in [-0.25, -0.2) is 8.42 Å². The Kier molecular flexibility index (Phi) is 5.15. The van der Waals surface area contributed by atoms with E-state index in [-0.39, 0.29) is 4.90 Å². The highest BCUT2D eigenvalue weighted by Gasteiger charge is 2.17. The van der Waals surface area contributed by atoms with Gasteiger partial charge in [-0.3, -0.25) is 4.72 Å². The molecule has 0 aliphatic rings. The minimum Gasteiger partial charge on any atom is -0.497 e. The van der Waals surface area contributed by atoms with Gasteiger partial charge < -0.3 is 9.47 Å². The van der Waals surface area contributed by atoms with Crippen LogP contribution in [0, 0.1) is 0 Å². The Hall–Kier alpha value is -2.21. The van der Waals surface area contributed by atoms with E-state index in [1.54, 1.807) is 30.3 Å². The monoisotopic (exact) mass is 335 g/mol. The quantitative estimate of drug-likeness (QED) is 0.875. The van der Waals surface area contributed by atoms with Gasteiger partial charge in [-0.05, 0) is 35.7 Å². The fraction of sp³-hybridized carbons (Fsp3) is 0.294. The van der Waals surface area contributed by atoms with E-state index in [4.69, 9.17) is 9.47 Å². The molecule has 2 aromatic carbocycles. The lowest BCUT2D eigenvalue weighted by Gasteiger charge is -2.13. The highest BCUT2D eigenvalue weighted by atomic mass is 32.2. The topological polar surface area (TPSA) is 64.6 Å². The number of sulfonamides is 1. The summed E-state index contributed by atoms with van der Waals surface area (Å²) >= 11 is 0. The first kappa shape index (κ1) is 17.1. The molecule has 0 radical (unpaired) electrons. The SMILES string of the molecule is COc1ccc(NS(=O)(=O)c2ccc(C(C)C)cc2)c(OC)c1. The van der Waals surface area contributed by atoms with Crippen LogP contribution in [0.3, 0.4) is 0 Å². The van der Waals surface area contributed by atoms with Gasteiger partial charge in [0.05, 0.1) is 24.8 Å². The van der Waals surface area contributed by atoms with E-state index in [1.807, 2.05) is 12.1 Å². The van der Waals surface area contributed by atoms with E-state index in [0.717, 1.165) is 5.56 Å². The lowest BCUT2D eigenvalue weighted by Crippen LogP contribution is -2.13. The zero-order valence-corrected chi connectivity index (χ0v) is 14.5. The van der Waals surface area contributed by atoms with Crippen LogP contribution in [0.5, 0.6) is 11.5 Å². The normalized spacial score (nSPS) is 11.3. The van der Waals surface area contributed by atoms with Crippen LogP contribution in [-0.2, 0) is 10.0 Å². The van der Waals surface area contributed by atoms with Gasteiger partial charge >= 0.3 is 0 Å². The molecule has 0 spiro atoms. The lowest BCUT2D eigenvalue weighted by atomic mass is 10.0. The molecule has 0 aliphatic carbocycles. The van der Waals surface area contributed by atoms with E-state index in [2.05, 4.69) is 18.6 Å². The molecule has 0 fully saturated rings. The Morgan fingerprint density at radius 3 is 2.13 bits per heavy atom. The summed E-state index contributed by atoms with van der Waals surface area (Å²) in [5, 5.41) is 0. The summed E-state index contributed by atoms with van der Waals surface area (Å²) in [4.78, 5) is 0.208. The van der Waals surface area contributed by atoms with Crippen LogP contribution in [0.15, 0.2) is 47.4 Å². The molecule has 1 N–H and O–H groups in total. The summed E-state index contributed by atoms with van der Waals surface area (Å²) in [6.07, 6.45) is 0. The van der Waals surface area contributed by atoms with Gasteiger partial charge in [0, 0.05) is 6.07 Å². The average molecular weight is 335 g/mol. The first-order chi connectivity index (χ1) is 10.9. The number of nitrogens with one attached hydrogen (secondary N) is 1. The molecule has 0 atom stereocenters. The molecule has 0 unspecified atom stereocenters. The van der Waals surface area contributed by atoms with Crippen molar-refractivity contribution in [1.82, 2.24) is 0 Å². The molecular formula is C17H21NO4S. The standard InChI is InChI=1S/C17H21NO4S/c1-12(2)13-5-8-15(9-6-13)23(19,20)18-16-10-7-14(21-3)11-17(16)22-4/h5-12,18H,1-4H3. The van der Waals surface area contributed by atoms with Crippen molar-refractivity contribution in [1.29, 1.82) is 0 Å². The highest BCUT2D eigenvalue weighted by molar-refractivity contribution is 7.92. The first-order valence-electron chi connectivity index (χ1n) is 7.22. The summed E-state index contributed by atoms with van der Waals surface area (Å²) in [6.45, 7) is 4.12. The Morgan fingerprint density at radius 1 is 0.957 bits per heavy atom. The second kappa shape index (κ2) is 6.91. The molecule has 0 bridgehead atoms. The van der Waals surface area contributed by atoms with Gasteiger partial charge in [0.2, 0.25) is 0 Å². The minimum atomic E-state index is -3.68. The molecule has 0 heterocycles. The molecule has 23 heavy (non-hydrogen) atoms. The van der Waals surface area contributed by atoms with Crippen LogP contribution in [0.1, 0.15) is 25.3 Å². The third kappa shape index (κ3) is 3.96. The van der Waals surface area contributed by atoms with Crippen molar-refractivity contribution in [2.75, 3.05) is 18.9 Å². The van der Waals surface area contributed by atoms with E-state index < -0.39 is 10.0 Å². The number of ether oxygens (including phenoxy) is 2. The predicted octanol–water partition coefficient (Wildman–Crippen LogP) is 3.63. The molecule has 2 aromatic rings. The summed E-state index contributed by atoms with van der Waals surface area (Å²) in [5.41, 5.74) is 1.45. The van der Waals surface area contributed by atoms with Gasteiger partial charge in [0.15, 0.2) is 0 Å². The molecule has 0 aromatic heterocycles. The van der Waals surface area contributed by atoms with Crippen LogP contribution in [-0.4, -0.2) is 22.6 Å². The summed E-state index contributed by atoms with van der Waals surface area (Å²) < 4.78 is 37.9. The van der Waals surface area contributed by atoms with Crippen molar-refractivity contribution >= 4 is 15.7 Å². The van der Waals surface area contributed by atoms with Crippen molar-refractivity contribution in [2.45, 2.75) is 24.7 Å². The van der Waals surface area contributed by atoms with Crippen LogP contribution in [0.4, 0.5) is 5.69 Å². The van der Waals surface area contributed by atoms with Gasteiger partial charge in [0.1, 0.15) is 11.5 Å². The molecule has 2 rings (SSSR count). The summed E-state index contributed by atoms with van der Waals surface area (Å²) in [5.74, 6) is 1.33. The van der Waals surface area contributed by atoms with E-state index in [1.165, 1.54) is 14.2 Å². The third-order valence-corrected chi connectivity index (χ3v) is 4.89. The number of anilines is 1. The van der Waals surface area contributed by atoms with Crippen LogP contribution >= 0.6 is 0 Å².